The van der Waals surface area contributed by atoms with Gasteiger partial charge in [-0.1, -0.05) is 65.1 Å². The van der Waals surface area contributed by atoms with Crippen molar-refractivity contribution >= 4 is 62.3 Å². The van der Waals surface area contributed by atoms with Crippen LogP contribution in [0.25, 0.3) is 0 Å². The Bertz CT molecular complexity index is 1420. The molecule has 202 valence electrons. The third-order valence-electron chi connectivity index (χ3n) is 5.91. The van der Waals surface area contributed by atoms with E-state index in [2.05, 4.69) is 5.32 Å². The molecule has 0 fully saturated rings. The predicted molar refractivity (Wildman–Crippen MR) is 152 cm³/mol. The number of sulfonamides is 1. The zero-order valence-corrected chi connectivity index (χ0v) is 24.2. The van der Waals surface area contributed by atoms with Crippen LogP contribution in [0.4, 0.5) is 5.69 Å². The molecule has 0 saturated heterocycles. The SMILES string of the molecule is CCNC(=O)[C@@H](C)N(Cc1ccc(Cl)c(Cl)c1)C(=O)CN(c1ccc(C)c(Cl)c1)S(=O)(=O)c1ccccc1. The van der Waals surface area contributed by atoms with Crippen molar-refractivity contribution in [3.05, 3.63) is 92.9 Å². The number of amides is 2. The Kier molecular flexibility index (Phi) is 10.1. The Labute approximate surface area is 238 Å². The second-order valence-electron chi connectivity index (χ2n) is 8.60. The Morgan fingerprint density at radius 3 is 2.21 bits per heavy atom. The summed E-state index contributed by atoms with van der Waals surface area (Å²) >= 11 is 18.5. The van der Waals surface area contributed by atoms with Crippen LogP contribution in [-0.2, 0) is 26.2 Å². The molecule has 2 amide bonds. The first-order chi connectivity index (χ1) is 17.9. The quantitative estimate of drug-likeness (QED) is 0.325. The second kappa shape index (κ2) is 12.8. The summed E-state index contributed by atoms with van der Waals surface area (Å²) in [6.45, 7) is 4.95. The minimum atomic E-state index is -4.17. The van der Waals surface area contributed by atoms with Crippen molar-refractivity contribution in [1.82, 2.24) is 10.2 Å². The monoisotopic (exact) mass is 595 g/mol. The molecule has 0 aliphatic carbocycles. The maximum atomic E-state index is 13.8. The summed E-state index contributed by atoms with van der Waals surface area (Å²) in [4.78, 5) is 27.9. The summed E-state index contributed by atoms with van der Waals surface area (Å²) in [5.74, 6) is -0.970. The van der Waals surface area contributed by atoms with Gasteiger partial charge in [0, 0.05) is 18.1 Å². The number of nitrogens with zero attached hydrogens (tertiary/aromatic N) is 2. The molecule has 0 aliphatic rings. The lowest BCUT2D eigenvalue weighted by Crippen LogP contribution is -2.51. The number of carbonyl (C=O) groups is 2. The smallest absolute Gasteiger partial charge is 0.264 e. The van der Waals surface area contributed by atoms with Crippen LogP contribution in [0.2, 0.25) is 15.1 Å². The largest absolute Gasteiger partial charge is 0.355 e. The Hall–Kier alpha value is -2.78. The van der Waals surface area contributed by atoms with Gasteiger partial charge in [-0.05, 0) is 68.3 Å². The number of rotatable bonds is 10. The number of aryl methyl sites for hydroxylation is 1. The second-order valence-corrected chi connectivity index (χ2v) is 11.7. The lowest BCUT2D eigenvalue weighted by atomic mass is 10.1. The third kappa shape index (κ3) is 6.99. The van der Waals surface area contributed by atoms with Crippen LogP contribution in [0.5, 0.6) is 0 Å². The van der Waals surface area contributed by atoms with Gasteiger partial charge in [-0.2, -0.15) is 0 Å². The highest BCUT2D eigenvalue weighted by Gasteiger charge is 2.32. The molecule has 0 heterocycles. The zero-order chi connectivity index (χ0) is 28.0. The van der Waals surface area contributed by atoms with Crippen LogP contribution in [0.1, 0.15) is 25.0 Å². The first-order valence-corrected chi connectivity index (χ1v) is 14.4. The topological polar surface area (TPSA) is 86.8 Å². The van der Waals surface area contributed by atoms with Crippen molar-refractivity contribution in [3.8, 4) is 0 Å². The highest BCUT2D eigenvalue weighted by atomic mass is 35.5. The Balaban J connectivity index is 2.05. The number of carbonyl (C=O) groups excluding carboxylic acids is 2. The van der Waals surface area contributed by atoms with E-state index in [9.17, 15) is 18.0 Å². The molecule has 0 aliphatic heterocycles. The van der Waals surface area contributed by atoms with E-state index >= 15 is 0 Å². The van der Waals surface area contributed by atoms with E-state index in [0.29, 0.717) is 27.2 Å². The molecule has 3 aromatic rings. The van der Waals surface area contributed by atoms with E-state index in [4.69, 9.17) is 34.8 Å². The standard InChI is InChI=1S/C27H28Cl3N3O4S/c1-4-31-27(35)19(3)32(16-20-11-13-23(28)25(30)14-20)26(34)17-33(21-12-10-18(2)24(29)15-21)38(36,37)22-8-6-5-7-9-22/h5-15,19H,4,16-17H2,1-3H3,(H,31,35)/t19-/m1/s1. The lowest BCUT2D eigenvalue weighted by Gasteiger charge is -2.32. The molecule has 38 heavy (non-hydrogen) atoms. The zero-order valence-electron chi connectivity index (χ0n) is 21.1. The highest BCUT2D eigenvalue weighted by Crippen LogP contribution is 2.29. The third-order valence-corrected chi connectivity index (χ3v) is 8.84. The van der Waals surface area contributed by atoms with Crippen molar-refractivity contribution < 1.29 is 18.0 Å². The predicted octanol–water partition coefficient (Wildman–Crippen LogP) is 5.70. The van der Waals surface area contributed by atoms with Crippen LogP contribution >= 0.6 is 34.8 Å². The Morgan fingerprint density at radius 1 is 0.921 bits per heavy atom. The highest BCUT2D eigenvalue weighted by molar-refractivity contribution is 7.92. The average molecular weight is 597 g/mol. The molecular formula is C27H28Cl3N3O4S. The summed E-state index contributed by atoms with van der Waals surface area (Å²) in [6, 6.07) is 16.6. The van der Waals surface area contributed by atoms with Crippen molar-refractivity contribution in [3.63, 3.8) is 0 Å². The molecule has 0 bridgehead atoms. The van der Waals surface area contributed by atoms with Crippen molar-refractivity contribution in [2.24, 2.45) is 0 Å². The molecule has 3 rings (SSSR count). The van der Waals surface area contributed by atoms with E-state index in [-0.39, 0.29) is 23.0 Å². The first kappa shape index (κ1) is 29.8. The summed E-state index contributed by atoms with van der Waals surface area (Å²) in [7, 11) is -4.17. The maximum absolute atomic E-state index is 13.8. The van der Waals surface area contributed by atoms with E-state index < -0.39 is 28.5 Å². The fourth-order valence-corrected chi connectivity index (χ4v) is 5.65. The lowest BCUT2D eigenvalue weighted by molar-refractivity contribution is -0.139. The van der Waals surface area contributed by atoms with E-state index in [1.54, 1.807) is 69.3 Å². The van der Waals surface area contributed by atoms with Crippen LogP contribution < -0.4 is 9.62 Å². The summed E-state index contributed by atoms with van der Waals surface area (Å²) in [5.41, 5.74) is 1.60. The molecule has 0 radical (unpaired) electrons. The van der Waals surface area contributed by atoms with Gasteiger partial charge in [0.15, 0.2) is 0 Å². The van der Waals surface area contributed by atoms with Crippen LogP contribution in [0, 0.1) is 6.92 Å². The number of anilines is 1. The summed E-state index contributed by atoms with van der Waals surface area (Å²) in [6.07, 6.45) is 0. The van der Waals surface area contributed by atoms with E-state index in [0.717, 1.165) is 9.87 Å². The summed E-state index contributed by atoms with van der Waals surface area (Å²) < 4.78 is 28.5. The number of benzene rings is 3. The van der Waals surface area contributed by atoms with Crippen LogP contribution in [0.3, 0.4) is 0 Å². The molecule has 11 heteroatoms. The molecule has 7 nitrogen and oxygen atoms in total. The van der Waals surface area contributed by atoms with Gasteiger partial charge in [0.05, 0.1) is 20.6 Å². The number of likely N-dealkylation sites (N-methyl/N-ethyl adjacent to an activating group) is 1. The molecule has 1 N–H and O–H groups in total. The first-order valence-electron chi connectivity index (χ1n) is 11.8. The number of hydrogen-bond donors (Lipinski definition) is 1. The molecule has 0 aromatic heterocycles. The fraction of sp³-hybridized carbons (Fsp3) is 0.259. The summed E-state index contributed by atoms with van der Waals surface area (Å²) in [5, 5.41) is 3.71. The van der Waals surface area contributed by atoms with Gasteiger partial charge in [-0.25, -0.2) is 8.42 Å². The Morgan fingerprint density at radius 2 is 1.61 bits per heavy atom. The van der Waals surface area contributed by atoms with Gasteiger partial charge in [-0.15, -0.1) is 0 Å². The number of halogens is 3. The van der Waals surface area contributed by atoms with Gasteiger partial charge < -0.3 is 10.2 Å². The van der Waals surface area contributed by atoms with Crippen molar-refractivity contribution in [1.29, 1.82) is 0 Å². The minimum Gasteiger partial charge on any atom is -0.355 e. The van der Waals surface area contributed by atoms with E-state index in [1.165, 1.54) is 23.1 Å². The molecule has 0 spiro atoms. The van der Waals surface area contributed by atoms with Crippen molar-refractivity contribution in [2.45, 2.75) is 38.3 Å². The maximum Gasteiger partial charge on any atom is 0.264 e. The molecule has 3 aromatic carbocycles. The molecular weight excluding hydrogens is 569 g/mol. The van der Waals surface area contributed by atoms with Gasteiger partial charge in [0.1, 0.15) is 12.6 Å². The van der Waals surface area contributed by atoms with Gasteiger partial charge in [0.2, 0.25) is 11.8 Å². The molecule has 0 unspecified atom stereocenters. The number of nitrogens with one attached hydrogen (secondary N) is 1. The van der Waals surface area contributed by atoms with Crippen LogP contribution in [-0.4, -0.2) is 44.3 Å². The minimum absolute atomic E-state index is 0.00189. The number of hydrogen-bond acceptors (Lipinski definition) is 4. The van der Waals surface area contributed by atoms with Gasteiger partial charge >= 0.3 is 0 Å². The van der Waals surface area contributed by atoms with Crippen LogP contribution in [0.15, 0.2) is 71.6 Å². The molecule has 1 atom stereocenters. The fourth-order valence-electron chi connectivity index (χ4n) is 3.72. The van der Waals surface area contributed by atoms with Crippen molar-refractivity contribution in [2.75, 3.05) is 17.4 Å². The van der Waals surface area contributed by atoms with E-state index in [1.807, 2.05) is 0 Å². The molecule has 0 saturated carbocycles. The normalized spacial score (nSPS) is 12.1. The van der Waals surface area contributed by atoms with Gasteiger partial charge in [0.25, 0.3) is 10.0 Å². The average Bonchev–Trinajstić information content (AvgIpc) is 2.89. The van der Waals surface area contributed by atoms with Gasteiger partial charge in [-0.3, -0.25) is 13.9 Å².